The van der Waals surface area contributed by atoms with Crippen LogP contribution in [-0.4, -0.2) is 41.1 Å². The standard InChI is InChI=1S/C10H16N4O2/c1-3-7-6(4-5-11-7)8-9(10(15)16-2)13-14-12-8/h6-7,11H,3-5H2,1-2H3,(H,12,13,14). The maximum Gasteiger partial charge on any atom is 0.360 e. The van der Waals surface area contributed by atoms with E-state index in [2.05, 4.69) is 32.4 Å². The van der Waals surface area contributed by atoms with E-state index in [1.54, 1.807) is 0 Å². The van der Waals surface area contributed by atoms with Crippen LogP contribution in [0.2, 0.25) is 0 Å². The molecule has 0 radical (unpaired) electrons. The van der Waals surface area contributed by atoms with Crippen molar-refractivity contribution in [3.05, 3.63) is 11.4 Å². The van der Waals surface area contributed by atoms with Crippen molar-refractivity contribution in [2.45, 2.75) is 31.7 Å². The van der Waals surface area contributed by atoms with Gasteiger partial charge < -0.3 is 10.1 Å². The summed E-state index contributed by atoms with van der Waals surface area (Å²) in [4.78, 5) is 11.5. The molecule has 1 fully saturated rings. The molecule has 2 atom stereocenters. The number of hydrogen-bond donors (Lipinski definition) is 2. The van der Waals surface area contributed by atoms with Crippen molar-refractivity contribution >= 4 is 5.97 Å². The van der Waals surface area contributed by atoms with Gasteiger partial charge in [-0.15, -0.1) is 5.10 Å². The van der Waals surface area contributed by atoms with Gasteiger partial charge in [0.2, 0.25) is 0 Å². The average Bonchev–Trinajstić information content (AvgIpc) is 2.94. The van der Waals surface area contributed by atoms with E-state index in [9.17, 15) is 4.79 Å². The number of ether oxygens (including phenoxy) is 1. The van der Waals surface area contributed by atoms with Gasteiger partial charge in [0.1, 0.15) is 5.69 Å². The quantitative estimate of drug-likeness (QED) is 0.728. The number of nitrogens with one attached hydrogen (secondary N) is 2. The molecule has 0 aromatic carbocycles. The number of esters is 1. The van der Waals surface area contributed by atoms with Gasteiger partial charge in [-0.3, -0.25) is 0 Å². The van der Waals surface area contributed by atoms with E-state index in [1.165, 1.54) is 7.11 Å². The second-order valence-corrected chi connectivity index (χ2v) is 3.91. The molecule has 2 unspecified atom stereocenters. The number of H-pyrrole nitrogens is 1. The average molecular weight is 224 g/mol. The lowest BCUT2D eigenvalue weighted by molar-refractivity contribution is 0.0592. The summed E-state index contributed by atoms with van der Waals surface area (Å²) < 4.78 is 4.68. The van der Waals surface area contributed by atoms with Crippen LogP contribution in [0, 0.1) is 0 Å². The summed E-state index contributed by atoms with van der Waals surface area (Å²) in [7, 11) is 1.35. The Morgan fingerprint density at radius 1 is 1.56 bits per heavy atom. The molecule has 0 saturated carbocycles. The van der Waals surface area contributed by atoms with Gasteiger partial charge in [0.05, 0.1) is 7.11 Å². The summed E-state index contributed by atoms with van der Waals surface area (Å²) in [6.07, 6.45) is 1.99. The highest BCUT2D eigenvalue weighted by Gasteiger charge is 2.33. The van der Waals surface area contributed by atoms with Gasteiger partial charge in [-0.25, -0.2) is 4.79 Å². The zero-order valence-corrected chi connectivity index (χ0v) is 9.49. The predicted octanol–water partition coefficient (Wildman–Crippen LogP) is 0.447. The Labute approximate surface area is 93.8 Å². The van der Waals surface area contributed by atoms with E-state index in [-0.39, 0.29) is 5.92 Å². The van der Waals surface area contributed by atoms with Crippen LogP contribution < -0.4 is 5.32 Å². The second kappa shape index (κ2) is 4.61. The van der Waals surface area contributed by atoms with E-state index in [0.717, 1.165) is 25.1 Å². The molecular formula is C10H16N4O2. The molecule has 0 spiro atoms. The monoisotopic (exact) mass is 224 g/mol. The van der Waals surface area contributed by atoms with Gasteiger partial charge in [0.15, 0.2) is 5.69 Å². The van der Waals surface area contributed by atoms with Crippen molar-refractivity contribution in [1.29, 1.82) is 0 Å². The molecule has 0 amide bonds. The highest BCUT2D eigenvalue weighted by molar-refractivity contribution is 5.88. The third-order valence-corrected chi connectivity index (χ3v) is 3.09. The van der Waals surface area contributed by atoms with Crippen LogP contribution in [0.15, 0.2) is 0 Å². The lowest BCUT2D eigenvalue weighted by atomic mass is 9.94. The molecule has 6 nitrogen and oxygen atoms in total. The molecule has 1 aromatic heterocycles. The van der Waals surface area contributed by atoms with Gasteiger partial charge in [-0.2, -0.15) is 10.3 Å². The molecule has 2 heterocycles. The Kier molecular flexibility index (Phi) is 3.19. The van der Waals surface area contributed by atoms with Gasteiger partial charge in [-0.1, -0.05) is 6.92 Å². The Bertz CT molecular complexity index is 377. The van der Waals surface area contributed by atoms with Crippen LogP contribution in [0.25, 0.3) is 0 Å². The fraction of sp³-hybridized carbons (Fsp3) is 0.700. The smallest absolute Gasteiger partial charge is 0.360 e. The van der Waals surface area contributed by atoms with Crippen LogP contribution >= 0.6 is 0 Å². The van der Waals surface area contributed by atoms with Crippen molar-refractivity contribution in [2.24, 2.45) is 0 Å². The van der Waals surface area contributed by atoms with Crippen LogP contribution in [0.5, 0.6) is 0 Å². The minimum Gasteiger partial charge on any atom is -0.464 e. The molecule has 6 heteroatoms. The van der Waals surface area contributed by atoms with Crippen LogP contribution in [0.1, 0.15) is 41.9 Å². The third-order valence-electron chi connectivity index (χ3n) is 3.09. The predicted molar refractivity (Wildman–Crippen MR) is 57.2 cm³/mol. The fourth-order valence-corrected chi connectivity index (χ4v) is 2.27. The first-order valence-corrected chi connectivity index (χ1v) is 5.50. The van der Waals surface area contributed by atoms with Gasteiger partial charge >= 0.3 is 5.97 Å². The number of aromatic amines is 1. The number of methoxy groups -OCH3 is 1. The molecule has 1 aliphatic rings. The van der Waals surface area contributed by atoms with Crippen molar-refractivity contribution in [1.82, 2.24) is 20.7 Å². The van der Waals surface area contributed by atoms with Crippen LogP contribution in [0.4, 0.5) is 0 Å². The normalized spacial score (nSPS) is 24.6. The first kappa shape index (κ1) is 11.1. The summed E-state index contributed by atoms with van der Waals surface area (Å²) >= 11 is 0. The van der Waals surface area contributed by atoms with Crippen molar-refractivity contribution in [3.63, 3.8) is 0 Å². The lowest BCUT2D eigenvalue weighted by Crippen LogP contribution is -2.26. The zero-order valence-electron chi connectivity index (χ0n) is 9.49. The highest BCUT2D eigenvalue weighted by atomic mass is 16.5. The summed E-state index contributed by atoms with van der Waals surface area (Å²) in [6.45, 7) is 3.07. The minimum atomic E-state index is -0.425. The number of carbonyl (C=O) groups excluding carboxylic acids is 1. The maximum atomic E-state index is 11.5. The van der Waals surface area contributed by atoms with E-state index in [0.29, 0.717) is 11.7 Å². The molecule has 16 heavy (non-hydrogen) atoms. The fourth-order valence-electron chi connectivity index (χ4n) is 2.27. The Morgan fingerprint density at radius 2 is 2.38 bits per heavy atom. The van der Waals surface area contributed by atoms with Crippen molar-refractivity contribution in [3.8, 4) is 0 Å². The van der Waals surface area contributed by atoms with E-state index in [1.807, 2.05) is 0 Å². The first-order valence-electron chi connectivity index (χ1n) is 5.50. The Balaban J connectivity index is 2.26. The largest absolute Gasteiger partial charge is 0.464 e. The summed E-state index contributed by atoms with van der Waals surface area (Å²) in [6, 6.07) is 0.369. The van der Waals surface area contributed by atoms with Crippen LogP contribution in [-0.2, 0) is 4.74 Å². The van der Waals surface area contributed by atoms with Crippen molar-refractivity contribution < 1.29 is 9.53 Å². The summed E-state index contributed by atoms with van der Waals surface area (Å²) in [5.41, 5.74) is 1.04. The third kappa shape index (κ3) is 1.80. The summed E-state index contributed by atoms with van der Waals surface area (Å²) in [5.74, 6) is -0.177. The highest BCUT2D eigenvalue weighted by Crippen LogP contribution is 2.29. The Hall–Kier alpha value is -1.43. The number of aromatic nitrogens is 3. The number of carbonyl (C=O) groups is 1. The first-order chi connectivity index (χ1) is 7.77. The van der Waals surface area contributed by atoms with E-state index < -0.39 is 5.97 Å². The number of hydrogen-bond acceptors (Lipinski definition) is 5. The lowest BCUT2D eigenvalue weighted by Gasteiger charge is -2.15. The second-order valence-electron chi connectivity index (χ2n) is 3.91. The topological polar surface area (TPSA) is 79.9 Å². The van der Waals surface area contributed by atoms with Gasteiger partial charge in [-0.05, 0) is 19.4 Å². The van der Waals surface area contributed by atoms with Gasteiger partial charge in [0.25, 0.3) is 0 Å². The molecule has 0 aliphatic carbocycles. The molecule has 2 N–H and O–H groups in total. The van der Waals surface area contributed by atoms with Gasteiger partial charge in [0, 0.05) is 12.0 Å². The van der Waals surface area contributed by atoms with E-state index in [4.69, 9.17) is 0 Å². The minimum absolute atomic E-state index is 0.248. The molecule has 1 aromatic rings. The molecule has 0 bridgehead atoms. The molecule has 1 saturated heterocycles. The number of nitrogens with zero attached hydrogens (tertiary/aromatic N) is 2. The molecule has 88 valence electrons. The molecular weight excluding hydrogens is 208 g/mol. The summed E-state index contributed by atoms with van der Waals surface area (Å²) in [5, 5.41) is 13.9. The number of rotatable bonds is 3. The van der Waals surface area contributed by atoms with Crippen molar-refractivity contribution in [2.75, 3.05) is 13.7 Å². The molecule has 2 rings (SSSR count). The zero-order chi connectivity index (χ0) is 11.5. The van der Waals surface area contributed by atoms with E-state index >= 15 is 0 Å². The molecule has 1 aliphatic heterocycles. The SMILES string of the molecule is CCC1NCCC1c1n[nH]nc1C(=O)OC. The maximum absolute atomic E-state index is 11.5. The van der Waals surface area contributed by atoms with Crippen LogP contribution in [0.3, 0.4) is 0 Å². The Morgan fingerprint density at radius 3 is 3.06 bits per heavy atom.